The Labute approximate surface area is 209 Å². The summed E-state index contributed by atoms with van der Waals surface area (Å²) in [6.45, 7) is 4.21. The second-order valence-corrected chi connectivity index (χ2v) is 9.28. The number of rotatable bonds is 12. The molecule has 0 amide bonds. The Hall–Kier alpha value is -2.31. The molecule has 0 saturated carbocycles. The minimum atomic E-state index is -1.12. The van der Waals surface area contributed by atoms with Crippen molar-refractivity contribution in [1.29, 1.82) is 0 Å². The predicted octanol–water partition coefficient (Wildman–Crippen LogP) is 0.769. The summed E-state index contributed by atoms with van der Waals surface area (Å²) >= 11 is 5.94. The fourth-order valence-corrected chi connectivity index (χ4v) is 4.48. The van der Waals surface area contributed by atoms with Gasteiger partial charge >= 0.3 is 0 Å². The number of aromatic nitrogens is 3. The zero-order valence-corrected chi connectivity index (χ0v) is 20.4. The van der Waals surface area contributed by atoms with Gasteiger partial charge in [0.05, 0.1) is 12.0 Å². The number of hydrogen-bond donors (Lipinski definition) is 5. The summed E-state index contributed by atoms with van der Waals surface area (Å²) in [7, 11) is 0. The number of ether oxygens (including phenoxy) is 1. The Balaban J connectivity index is 1.32. The second-order valence-electron chi connectivity index (χ2n) is 8.84. The highest BCUT2D eigenvalue weighted by Gasteiger charge is 2.44. The zero-order valence-electron chi connectivity index (χ0n) is 19.6. The first kappa shape index (κ1) is 25.8. The van der Waals surface area contributed by atoms with Crippen LogP contribution in [0.2, 0.25) is 5.02 Å². The predicted molar refractivity (Wildman–Crippen MR) is 136 cm³/mol. The Morgan fingerprint density at radius 2 is 1.89 bits per heavy atom. The van der Waals surface area contributed by atoms with Crippen LogP contribution in [0.25, 0.3) is 11.2 Å². The summed E-state index contributed by atoms with van der Waals surface area (Å²) in [6.07, 6.45) is 1.33. The molecule has 4 atom stereocenters. The number of nitrogens with zero attached hydrogens (tertiary/aromatic N) is 4. The molecule has 10 nitrogen and oxygen atoms in total. The van der Waals surface area contributed by atoms with Crippen molar-refractivity contribution in [3.8, 4) is 0 Å². The first-order chi connectivity index (χ1) is 17.0. The van der Waals surface area contributed by atoms with Crippen LogP contribution in [-0.4, -0.2) is 87.2 Å². The van der Waals surface area contributed by atoms with Crippen LogP contribution in [0.5, 0.6) is 0 Å². The van der Waals surface area contributed by atoms with Gasteiger partial charge in [0.15, 0.2) is 11.9 Å². The number of nitrogens with one attached hydrogen (secondary N) is 1. The third-order valence-electron chi connectivity index (χ3n) is 6.33. The molecule has 35 heavy (non-hydrogen) atoms. The van der Waals surface area contributed by atoms with Crippen LogP contribution in [0.3, 0.4) is 0 Å². The fourth-order valence-electron chi connectivity index (χ4n) is 4.36. The summed E-state index contributed by atoms with van der Waals surface area (Å²) in [5.41, 5.74) is 14.5. The molecule has 0 spiro atoms. The molecule has 1 saturated heterocycles. The highest BCUT2D eigenvalue weighted by molar-refractivity contribution is 6.30. The van der Waals surface area contributed by atoms with Gasteiger partial charge in [-0.05, 0) is 56.2 Å². The van der Waals surface area contributed by atoms with Gasteiger partial charge in [0.2, 0.25) is 0 Å². The van der Waals surface area contributed by atoms with E-state index in [1.54, 1.807) is 16.8 Å². The van der Waals surface area contributed by atoms with E-state index in [0.717, 1.165) is 44.0 Å². The molecule has 0 aliphatic carbocycles. The number of nitrogen functional groups attached to an aromatic ring is 1. The molecule has 1 aliphatic rings. The van der Waals surface area contributed by atoms with Crippen molar-refractivity contribution in [2.24, 2.45) is 5.73 Å². The van der Waals surface area contributed by atoms with Gasteiger partial charge in [0.1, 0.15) is 23.8 Å². The number of fused-ring (bicyclic) bond motifs is 1. The molecule has 3 aromatic rings. The topological polar surface area (TPSA) is 148 Å². The molecule has 3 heterocycles. The molecule has 0 bridgehead atoms. The lowest BCUT2D eigenvalue weighted by molar-refractivity contribution is -0.0440. The first-order valence-corrected chi connectivity index (χ1v) is 12.3. The number of benzene rings is 1. The summed E-state index contributed by atoms with van der Waals surface area (Å²) in [5.74, 6) is 0. The van der Waals surface area contributed by atoms with Crippen molar-refractivity contribution in [3.05, 3.63) is 53.4 Å². The van der Waals surface area contributed by atoms with Crippen molar-refractivity contribution in [3.63, 3.8) is 0 Å². The van der Waals surface area contributed by atoms with E-state index in [0.29, 0.717) is 29.9 Å². The third-order valence-corrected chi connectivity index (χ3v) is 6.58. The largest absolute Gasteiger partial charge is 0.397 e. The molecule has 190 valence electrons. The number of nitrogens with two attached hydrogens (primary N) is 2. The molecular formula is C24H34ClN7O3. The van der Waals surface area contributed by atoms with Gasteiger partial charge in [0, 0.05) is 30.9 Å². The molecule has 7 N–H and O–H groups in total. The van der Waals surface area contributed by atoms with Crippen molar-refractivity contribution < 1.29 is 14.9 Å². The van der Waals surface area contributed by atoms with E-state index in [1.807, 2.05) is 24.3 Å². The van der Waals surface area contributed by atoms with Crippen LogP contribution >= 0.6 is 11.6 Å². The minimum Gasteiger partial charge on any atom is -0.397 e. The molecule has 4 rings (SSSR count). The minimum absolute atomic E-state index is 0.468. The maximum absolute atomic E-state index is 10.8. The van der Waals surface area contributed by atoms with E-state index in [-0.39, 0.29) is 0 Å². The van der Waals surface area contributed by atoms with Crippen LogP contribution < -0.4 is 16.8 Å². The Bertz CT molecular complexity index is 1080. The summed E-state index contributed by atoms with van der Waals surface area (Å²) in [5, 5.41) is 25.7. The average molecular weight is 504 g/mol. The monoisotopic (exact) mass is 503 g/mol. The van der Waals surface area contributed by atoms with Gasteiger partial charge in [-0.3, -0.25) is 9.47 Å². The smallest absolute Gasteiger partial charge is 0.165 e. The quantitative estimate of drug-likeness (QED) is 0.226. The lowest BCUT2D eigenvalue weighted by Crippen LogP contribution is -2.43. The third kappa shape index (κ3) is 6.28. The number of anilines is 1. The van der Waals surface area contributed by atoms with Gasteiger partial charge in [-0.2, -0.15) is 0 Å². The van der Waals surface area contributed by atoms with E-state index in [9.17, 15) is 10.2 Å². The number of halogens is 1. The maximum Gasteiger partial charge on any atom is 0.165 e. The highest BCUT2D eigenvalue weighted by Crippen LogP contribution is 2.32. The number of imidazole rings is 1. The van der Waals surface area contributed by atoms with Gasteiger partial charge in [-0.15, -0.1) is 0 Å². The lowest BCUT2D eigenvalue weighted by atomic mass is 10.1. The van der Waals surface area contributed by atoms with Crippen molar-refractivity contribution in [2.75, 3.05) is 45.0 Å². The van der Waals surface area contributed by atoms with Crippen LogP contribution in [0.15, 0.2) is 42.9 Å². The van der Waals surface area contributed by atoms with E-state index in [2.05, 4.69) is 20.2 Å². The van der Waals surface area contributed by atoms with Crippen LogP contribution in [0.4, 0.5) is 5.69 Å². The normalized spacial score (nSPS) is 22.4. The van der Waals surface area contributed by atoms with Gasteiger partial charge < -0.3 is 31.7 Å². The Kier molecular flexibility index (Phi) is 8.90. The van der Waals surface area contributed by atoms with Crippen molar-refractivity contribution in [2.45, 2.75) is 37.4 Å². The van der Waals surface area contributed by atoms with Crippen LogP contribution in [0.1, 0.15) is 18.2 Å². The van der Waals surface area contributed by atoms with Gasteiger partial charge in [0.25, 0.3) is 0 Å². The number of hydrogen-bond acceptors (Lipinski definition) is 9. The Morgan fingerprint density at radius 3 is 2.66 bits per heavy atom. The first-order valence-electron chi connectivity index (χ1n) is 11.9. The molecule has 1 fully saturated rings. The van der Waals surface area contributed by atoms with E-state index in [1.165, 1.54) is 11.9 Å². The number of aliphatic hydroxyl groups is 2. The van der Waals surface area contributed by atoms with E-state index >= 15 is 0 Å². The summed E-state index contributed by atoms with van der Waals surface area (Å²) in [6, 6.07) is 9.54. The average Bonchev–Trinajstić information content (AvgIpc) is 3.40. The number of pyridine rings is 1. The molecule has 11 heteroatoms. The van der Waals surface area contributed by atoms with E-state index < -0.39 is 24.5 Å². The van der Waals surface area contributed by atoms with Crippen LogP contribution in [0, 0.1) is 0 Å². The maximum atomic E-state index is 10.8. The summed E-state index contributed by atoms with van der Waals surface area (Å²) in [4.78, 5) is 10.8. The molecule has 1 unspecified atom stereocenters. The molecule has 0 radical (unpaired) electrons. The van der Waals surface area contributed by atoms with Crippen molar-refractivity contribution in [1.82, 2.24) is 24.8 Å². The fraction of sp³-hybridized carbons (Fsp3) is 0.500. The molecule has 1 aromatic carbocycles. The summed E-state index contributed by atoms with van der Waals surface area (Å²) < 4.78 is 7.75. The highest BCUT2D eigenvalue weighted by atomic mass is 35.5. The van der Waals surface area contributed by atoms with E-state index in [4.69, 9.17) is 27.8 Å². The molecule has 1 aliphatic heterocycles. The SMILES string of the molecule is NCCCN(CCNCCc1ccc(Cl)cc1)CC1O[C@@H](n2cnc3c(N)ccnc32)[C@H](O)[C@@H]1O. The second kappa shape index (κ2) is 12.1. The molecule has 2 aromatic heterocycles. The standard InChI is InChI=1S/C24H34ClN7O3/c25-17-4-2-16(3-5-17)6-9-28-11-13-31(12-1-8-26)14-19-21(33)22(34)24(35-19)32-15-30-20-18(27)7-10-29-23(20)32/h2-5,7,10,15,19,21-22,24,28,33-34H,1,6,8-9,11-14,26H2,(H2,27,29)/t19?,21-,22-,24-/m1/s1. The Morgan fingerprint density at radius 1 is 1.09 bits per heavy atom. The number of aliphatic hydroxyl groups excluding tert-OH is 2. The van der Waals surface area contributed by atoms with Crippen LogP contribution in [-0.2, 0) is 11.2 Å². The van der Waals surface area contributed by atoms with Crippen molar-refractivity contribution >= 4 is 28.5 Å². The molecular weight excluding hydrogens is 470 g/mol. The zero-order chi connectivity index (χ0) is 24.8. The lowest BCUT2D eigenvalue weighted by Gasteiger charge is -2.26. The van der Waals surface area contributed by atoms with Gasteiger partial charge in [-0.25, -0.2) is 9.97 Å². The van der Waals surface area contributed by atoms with Gasteiger partial charge in [-0.1, -0.05) is 23.7 Å².